The number of nitrogens with one attached hydrogen (secondary N) is 2. The van der Waals surface area contributed by atoms with Gasteiger partial charge in [-0.3, -0.25) is 9.59 Å². The number of carbonyl (C=O) groups excluding carboxylic acids is 4. The Hall–Kier alpha value is -3.10. The Kier molecular flexibility index (Phi) is 10.2. The van der Waals surface area contributed by atoms with Gasteiger partial charge in [0.05, 0.1) is 6.61 Å². The van der Waals surface area contributed by atoms with Crippen LogP contribution in [-0.2, 0) is 30.5 Å². The lowest BCUT2D eigenvalue weighted by atomic mass is 10.0. The van der Waals surface area contributed by atoms with Gasteiger partial charge < -0.3 is 25.8 Å². The third-order valence-electron chi connectivity index (χ3n) is 4.01. The molecular formula is C20H29N3O6. The quantitative estimate of drug-likeness (QED) is 0.472. The zero-order chi connectivity index (χ0) is 21.8. The fourth-order valence-electron chi connectivity index (χ4n) is 2.45. The highest BCUT2D eigenvalue weighted by atomic mass is 16.5. The fourth-order valence-corrected chi connectivity index (χ4v) is 2.45. The minimum atomic E-state index is -1.10. The van der Waals surface area contributed by atoms with Crippen LogP contribution in [0.4, 0.5) is 4.79 Å². The van der Waals surface area contributed by atoms with Crippen LogP contribution in [0.15, 0.2) is 30.3 Å². The van der Waals surface area contributed by atoms with Gasteiger partial charge in [0.1, 0.15) is 18.7 Å². The van der Waals surface area contributed by atoms with E-state index in [1.165, 1.54) is 0 Å². The van der Waals surface area contributed by atoms with E-state index >= 15 is 0 Å². The molecule has 0 aliphatic carbocycles. The van der Waals surface area contributed by atoms with E-state index in [1.807, 2.05) is 6.07 Å². The second-order valence-corrected chi connectivity index (χ2v) is 6.75. The summed E-state index contributed by atoms with van der Waals surface area (Å²) in [5, 5.41) is 4.99. The van der Waals surface area contributed by atoms with Crippen LogP contribution in [0.1, 0.15) is 39.2 Å². The van der Waals surface area contributed by atoms with Gasteiger partial charge in [-0.25, -0.2) is 9.59 Å². The number of primary amides is 1. The summed E-state index contributed by atoms with van der Waals surface area (Å²) in [5.74, 6) is -2.06. The van der Waals surface area contributed by atoms with Crippen LogP contribution in [0.3, 0.4) is 0 Å². The number of rotatable bonds is 11. The van der Waals surface area contributed by atoms with Gasteiger partial charge in [0, 0.05) is 6.42 Å². The Bertz CT molecular complexity index is 693. The summed E-state index contributed by atoms with van der Waals surface area (Å²) in [4.78, 5) is 47.9. The summed E-state index contributed by atoms with van der Waals surface area (Å²) < 4.78 is 10.1. The van der Waals surface area contributed by atoms with Crippen molar-refractivity contribution < 1.29 is 28.7 Å². The molecule has 0 saturated heterocycles. The molecule has 1 aromatic carbocycles. The van der Waals surface area contributed by atoms with Gasteiger partial charge in [-0.1, -0.05) is 44.2 Å². The lowest BCUT2D eigenvalue weighted by Gasteiger charge is -2.24. The van der Waals surface area contributed by atoms with Crippen LogP contribution in [-0.4, -0.2) is 42.6 Å². The smallest absolute Gasteiger partial charge is 0.408 e. The first kappa shape index (κ1) is 23.9. The molecule has 9 nitrogen and oxygen atoms in total. The molecule has 160 valence electrons. The standard InChI is InChI=1S/C20H29N3O6/c1-4-28-19(26)17(13(2)3)23-18(25)15(10-11-16(21)24)22-20(27)29-12-14-8-6-5-7-9-14/h5-9,13,15,17H,4,10-12H2,1-3H3,(H2,21,24)(H,22,27)(H,23,25)/t15-,17-/m0/s1. The molecule has 0 aromatic heterocycles. The summed E-state index contributed by atoms with van der Waals surface area (Å²) in [6, 6.07) is 7.04. The summed E-state index contributed by atoms with van der Waals surface area (Å²) in [6.07, 6.45) is -0.978. The van der Waals surface area contributed by atoms with Crippen molar-refractivity contribution in [3.63, 3.8) is 0 Å². The Morgan fingerprint density at radius 3 is 2.24 bits per heavy atom. The third kappa shape index (κ3) is 9.09. The number of carbonyl (C=O) groups is 4. The lowest BCUT2D eigenvalue weighted by Crippen LogP contribution is -2.53. The number of ether oxygens (including phenoxy) is 2. The first-order chi connectivity index (χ1) is 13.7. The maximum atomic E-state index is 12.6. The molecule has 0 radical (unpaired) electrons. The second-order valence-electron chi connectivity index (χ2n) is 6.75. The van der Waals surface area contributed by atoms with Crippen LogP contribution >= 0.6 is 0 Å². The number of nitrogens with two attached hydrogens (primary N) is 1. The Morgan fingerprint density at radius 2 is 1.69 bits per heavy atom. The molecule has 1 rings (SSSR count). The molecule has 9 heteroatoms. The predicted molar refractivity (Wildman–Crippen MR) is 105 cm³/mol. The normalized spacial score (nSPS) is 12.6. The van der Waals surface area contributed by atoms with E-state index in [9.17, 15) is 19.2 Å². The van der Waals surface area contributed by atoms with Crippen molar-refractivity contribution in [2.24, 2.45) is 11.7 Å². The molecule has 4 N–H and O–H groups in total. The van der Waals surface area contributed by atoms with Crippen molar-refractivity contribution in [1.29, 1.82) is 0 Å². The zero-order valence-corrected chi connectivity index (χ0v) is 17.0. The monoisotopic (exact) mass is 407 g/mol. The Balaban J connectivity index is 2.75. The van der Waals surface area contributed by atoms with Crippen molar-refractivity contribution >= 4 is 23.9 Å². The van der Waals surface area contributed by atoms with E-state index in [4.69, 9.17) is 15.2 Å². The maximum Gasteiger partial charge on any atom is 0.408 e. The lowest BCUT2D eigenvalue weighted by molar-refractivity contribution is -0.149. The summed E-state index contributed by atoms with van der Waals surface area (Å²) in [7, 11) is 0. The van der Waals surface area contributed by atoms with E-state index in [0.717, 1.165) is 5.56 Å². The molecule has 0 bridgehead atoms. The van der Waals surface area contributed by atoms with Gasteiger partial charge in [-0.05, 0) is 24.8 Å². The van der Waals surface area contributed by atoms with Crippen LogP contribution < -0.4 is 16.4 Å². The molecule has 3 amide bonds. The van der Waals surface area contributed by atoms with E-state index in [1.54, 1.807) is 45.0 Å². The largest absolute Gasteiger partial charge is 0.464 e. The Labute approximate surface area is 170 Å². The molecule has 29 heavy (non-hydrogen) atoms. The molecule has 1 aromatic rings. The average molecular weight is 407 g/mol. The molecule has 0 aliphatic heterocycles. The third-order valence-corrected chi connectivity index (χ3v) is 4.01. The topological polar surface area (TPSA) is 137 Å². The number of hydrogen-bond acceptors (Lipinski definition) is 6. The summed E-state index contributed by atoms with van der Waals surface area (Å²) in [5.41, 5.74) is 5.94. The van der Waals surface area contributed by atoms with Crippen molar-refractivity contribution in [3.8, 4) is 0 Å². The van der Waals surface area contributed by atoms with Crippen LogP contribution in [0.5, 0.6) is 0 Å². The van der Waals surface area contributed by atoms with Crippen molar-refractivity contribution in [1.82, 2.24) is 10.6 Å². The molecular weight excluding hydrogens is 378 g/mol. The van der Waals surface area contributed by atoms with Gasteiger partial charge in [0.2, 0.25) is 11.8 Å². The SMILES string of the molecule is CCOC(=O)[C@@H](NC(=O)[C@H](CCC(N)=O)NC(=O)OCc1ccccc1)C(C)C. The number of benzene rings is 1. The fraction of sp³-hybridized carbons (Fsp3) is 0.500. The van der Waals surface area contributed by atoms with Gasteiger partial charge in [-0.15, -0.1) is 0 Å². The van der Waals surface area contributed by atoms with Crippen molar-refractivity contribution in [2.75, 3.05) is 6.61 Å². The van der Waals surface area contributed by atoms with E-state index in [-0.39, 0.29) is 32.0 Å². The van der Waals surface area contributed by atoms with Gasteiger partial charge in [-0.2, -0.15) is 0 Å². The van der Waals surface area contributed by atoms with Crippen LogP contribution in [0.25, 0.3) is 0 Å². The molecule has 0 heterocycles. The molecule has 0 aliphatic rings. The average Bonchev–Trinajstić information content (AvgIpc) is 2.68. The molecule has 0 fully saturated rings. The highest BCUT2D eigenvalue weighted by molar-refractivity contribution is 5.90. The number of esters is 1. The highest BCUT2D eigenvalue weighted by Crippen LogP contribution is 2.07. The van der Waals surface area contributed by atoms with E-state index in [0.29, 0.717) is 0 Å². The zero-order valence-electron chi connectivity index (χ0n) is 17.0. The summed E-state index contributed by atoms with van der Waals surface area (Å²) in [6.45, 7) is 5.36. The number of amides is 3. The minimum Gasteiger partial charge on any atom is -0.464 e. The van der Waals surface area contributed by atoms with Crippen molar-refractivity contribution in [2.45, 2.75) is 52.3 Å². The molecule has 0 unspecified atom stereocenters. The molecule has 0 spiro atoms. The van der Waals surface area contributed by atoms with E-state index < -0.39 is 36.0 Å². The summed E-state index contributed by atoms with van der Waals surface area (Å²) >= 11 is 0. The number of alkyl carbamates (subject to hydrolysis) is 1. The van der Waals surface area contributed by atoms with Crippen LogP contribution in [0.2, 0.25) is 0 Å². The number of hydrogen-bond donors (Lipinski definition) is 3. The highest BCUT2D eigenvalue weighted by Gasteiger charge is 2.30. The van der Waals surface area contributed by atoms with Gasteiger partial charge in [0.25, 0.3) is 0 Å². The minimum absolute atomic E-state index is 0.0221. The first-order valence-electron chi connectivity index (χ1n) is 9.47. The van der Waals surface area contributed by atoms with E-state index in [2.05, 4.69) is 10.6 Å². The van der Waals surface area contributed by atoms with Gasteiger partial charge >= 0.3 is 12.1 Å². The maximum absolute atomic E-state index is 12.6. The van der Waals surface area contributed by atoms with Crippen LogP contribution in [0, 0.1) is 5.92 Å². The predicted octanol–water partition coefficient (Wildman–Crippen LogP) is 1.25. The Morgan fingerprint density at radius 1 is 1.03 bits per heavy atom. The molecule has 0 saturated carbocycles. The van der Waals surface area contributed by atoms with Crippen molar-refractivity contribution in [3.05, 3.63) is 35.9 Å². The van der Waals surface area contributed by atoms with Gasteiger partial charge in [0.15, 0.2) is 0 Å². The second kappa shape index (κ2) is 12.4. The first-order valence-corrected chi connectivity index (χ1v) is 9.47. The molecule has 2 atom stereocenters.